The van der Waals surface area contributed by atoms with E-state index in [4.69, 9.17) is 0 Å². The minimum atomic E-state index is -0.671. The van der Waals surface area contributed by atoms with Gasteiger partial charge in [0.05, 0.1) is 5.60 Å². The number of aliphatic hydroxyl groups excluding tert-OH is 1. The van der Waals surface area contributed by atoms with E-state index in [1.54, 1.807) is 0 Å². The molecular weight excluding hydrogens is 212 g/mol. The minimum Gasteiger partial charge on any atom is -0.396 e. The molecule has 2 heteroatoms. The van der Waals surface area contributed by atoms with Gasteiger partial charge in [0.1, 0.15) is 0 Å². The van der Waals surface area contributed by atoms with Crippen molar-refractivity contribution in [1.82, 2.24) is 0 Å². The second kappa shape index (κ2) is 4.25. The van der Waals surface area contributed by atoms with Crippen molar-refractivity contribution in [2.24, 2.45) is 17.3 Å². The van der Waals surface area contributed by atoms with Crippen LogP contribution in [-0.2, 0) is 0 Å². The van der Waals surface area contributed by atoms with E-state index in [0.717, 1.165) is 19.3 Å². The lowest BCUT2D eigenvalue weighted by atomic mass is 9.64. The van der Waals surface area contributed by atoms with Gasteiger partial charge in [0.15, 0.2) is 0 Å². The zero-order valence-corrected chi connectivity index (χ0v) is 11.1. The molecule has 0 aliphatic heterocycles. The topological polar surface area (TPSA) is 40.5 Å². The molecule has 17 heavy (non-hydrogen) atoms. The molecule has 3 atom stereocenters. The van der Waals surface area contributed by atoms with Gasteiger partial charge in [-0.25, -0.2) is 0 Å². The average molecular weight is 236 g/mol. The van der Waals surface area contributed by atoms with Crippen molar-refractivity contribution in [3.05, 3.63) is 23.8 Å². The van der Waals surface area contributed by atoms with E-state index in [9.17, 15) is 10.2 Å². The van der Waals surface area contributed by atoms with E-state index >= 15 is 0 Å². The first-order valence-electron chi connectivity index (χ1n) is 6.65. The summed E-state index contributed by atoms with van der Waals surface area (Å²) < 4.78 is 0. The summed E-state index contributed by atoms with van der Waals surface area (Å²) in [7, 11) is 0. The van der Waals surface area contributed by atoms with Crippen molar-refractivity contribution in [2.75, 3.05) is 6.61 Å². The smallest absolute Gasteiger partial charge is 0.0800 e. The first-order valence-corrected chi connectivity index (χ1v) is 6.65. The Morgan fingerprint density at radius 2 is 2.06 bits per heavy atom. The van der Waals surface area contributed by atoms with E-state index < -0.39 is 5.60 Å². The Morgan fingerprint density at radius 1 is 1.35 bits per heavy atom. The van der Waals surface area contributed by atoms with Gasteiger partial charge in [-0.05, 0) is 38.0 Å². The van der Waals surface area contributed by atoms with Gasteiger partial charge in [0.25, 0.3) is 0 Å². The van der Waals surface area contributed by atoms with Crippen LogP contribution < -0.4 is 0 Å². The number of allylic oxidation sites excluding steroid dienone is 3. The summed E-state index contributed by atoms with van der Waals surface area (Å²) in [6.07, 6.45) is 9.10. The highest BCUT2D eigenvalue weighted by molar-refractivity contribution is 5.33. The first-order chi connectivity index (χ1) is 7.91. The molecule has 0 heterocycles. The Balaban J connectivity index is 2.35. The SMILES string of the molecule is CC(C)C1=CC[C@H](CO)[C@@]12C=C[C@](C)(O)CC2. The third-order valence-corrected chi connectivity index (χ3v) is 4.52. The number of rotatable bonds is 2. The fourth-order valence-corrected chi connectivity index (χ4v) is 3.45. The zero-order valence-electron chi connectivity index (χ0n) is 11.1. The predicted molar refractivity (Wildman–Crippen MR) is 69.5 cm³/mol. The van der Waals surface area contributed by atoms with Crippen LogP contribution in [-0.4, -0.2) is 22.4 Å². The minimum absolute atomic E-state index is 0.00512. The normalized spacial score (nSPS) is 41.3. The second-order valence-corrected chi connectivity index (χ2v) is 6.16. The molecule has 0 amide bonds. The van der Waals surface area contributed by atoms with Gasteiger partial charge in [-0.1, -0.05) is 37.6 Å². The first kappa shape index (κ1) is 12.8. The third kappa shape index (κ3) is 2.09. The molecule has 1 spiro atoms. The van der Waals surface area contributed by atoms with Crippen molar-refractivity contribution < 1.29 is 10.2 Å². The molecule has 2 N–H and O–H groups in total. The maximum atomic E-state index is 10.0. The van der Waals surface area contributed by atoms with Crippen molar-refractivity contribution in [3.8, 4) is 0 Å². The fraction of sp³-hybridized carbons (Fsp3) is 0.733. The second-order valence-electron chi connectivity index (χ2n) is 6.16. The highest BCUT2D eigenvalue weighted by Crippen LogP contribution is 2.53. The molecule has 2 rings (SSSR count). The quantitative estimate of drug-likeness (QED) is 0.724. The summed E-state index contributed by atoms with van der Waals surface area (Å²) in [6, 6.07) is 0. The maximum Gasteiger partial charge on any atom is 0.0800 e. The van der Waals surface area contributed by atoms with Crippen LogP contribution in [0, 0.1) is 17.3 Å². The van der Waals surface area contributed by atoms with Gasteiger partial charge in [-0.2, -0.15) is 0 Å². The van der Waals surface area contributed by atoms with Crippen LogP contribution >= 0.6 is 0 Å². The molecule has 96 valence electrons. The lowest BCUT2D eigenvalue weighted by Crippen LogP contribution is -2.38. The molecule has 0 saturated carbocycles. The van der Waals surface area contributed by atoms with Crippen LogP contribution in [0.2, 0.25) is 0 Å². The highest BCUT2D eigenvalue weighted by Gasteiger charge is 2.46. The summed E-state index contributed by atoms with van der Waals surface area (Å²) in [4.78, 5) is 0. The molecule has 2 nitrogen and oxygen atoms in total. The van der Waals surface area contributed by atoms with Crippen LogP contribution in [0.3, 0.4) is 0 Å². The summed E-state index contributed by atoms with van der Waals surface area (Å²) in [5.41, 5.74) is 0.782. The Hall–Kier alpha value is -0.600. The molecule has 0 radical (unpaired) electrons. The summed E-state index contributed by atoms with van der Waals surface area (Å²) in [6.45, 7) is 6.53. The summed E-state index contributed by atoms with van der Waals surface area (Å²) in [5.74, 6) is 0.812. The number of hydrogen-bond acceptors (Lipinski definition) is 2. The Labute approximate surface area is 104 Å². The van der Waals surface area contributed by atoms with Crippen LogP contribution in [0.4, 0.5) is 0 Å². The van der Waals surface area contributed by atoms with E-state index in [0.29, 0.717) is 11.8 Å². The highest BCUT2D eigenvalue weighted by atomic mass is 16.3. The van der Waals surface area contributed by atoms with Crippen LogP contribution in [0.25, 0.3) is 0 Å². The van der Waals surface area contributed by atoms with E-state index in [2.05, 4.69) is 26.0 Å². The lowest BCUT2D eigenvalue weighted by Gasteiger charge is -2.42. The van der Waals surface area contributed by atoms with Crippen molar-refractivity contribution in [2.45, 2.75) is 45.6 Å². The number of aliphatic hydroxyl groups is 2. The molecule has 0 aromatic rings. The molecular formula is C15H24O2. The van der Waals surface area contributed by atoms with Gasteiger partial charge < -0.3 is 10.2 Å². The average Bonchev–Trinajstić information content (AvgIpc) is 2.62. The van der Waals surface area contributed by atoms with E-state index in [1.165, 1.54) is 5.57 Å². The summed E-state index contributed by atoms with van der Waals surface area (Å²) in [5, 5.41) is 19.6. The predicted octanol–water partition coefficient (Wildman–Crippen LogP) is 2.67. The molecule has 0 aromatic carbocycles. The third-order valence-electron chi connectivity index (χ3n) is 4.52. The van der Waals surface area contributed by atoms with Crippen LogP contribution in [0.15, 0.2) is 23.8 Å². The number of hydrogen-bond donors (Lipinski definition) is 2. The molecule has 0 unspecified atom stereocenters. The van der Waals surface area contributed by atoms with Gasteiger partial charge in [0, 0.05) is 12.0 Å². The van der Waals surface area contributed by atoms with Crippen LogP contribution in [0.1, 0.15) is 40.0 Å². The Bertz CT molecular complexity index is 352. The Kier molecular flexibility index (Phi) is 3.21. The standard InChI is InChI=1S/C15H24O2/c1-11(2)13-5-4-12(10-16)15(13)8-6-14(3,17)7-9-15/h5-6,8,11-12,16-17H,4,7,9-10H2,1-3H3/t12-,14+,15+/m1/s1. The van der Waals surface area contributed by atoms with Crippen molar-refractivity contribution in [3.63, 3.8) is 0 Å². The van der Waals surface area contributed by atoms with Gasteiger partial charge in [0.2, 0.25) is 0 Å². The monoisotopic (exact) mass is 236 g/mol. The van der Waals surface area contributed by atoms with Gasteiger partial charge >= 0.3 is 0 Å². The summed E-state index contributed by atoms with van der Waals surface area (Å²) >= 11 is 0. The van der Waals surface area contributed by atoms with Gasteiger partial charge in [-0.3, -0.25) is 0 Å². The molecule has 0 fully saturated rings. The largest absolute Gasteiger partial charge is 0.396 e. The molecule has 2 aliphatic rings. The fourth-order valence-electron chi connectivity index (χ4n) is 3.45. The molecule has 0 saturated heterocycles. The molecule has 0 aromatic heterocycles. The van der Waals surface area contributed by atoms with E-state index in [1.807, 2.05) is 13.0 Å². The maximum absolute atomic E-state index is 10.0. The van der Waals surface area contributed by atoms with Crippen LogP contribution in [0.5, 0.6) is 0 Å². The lowest BCUT2D eigenvalue weighted by molar-refractivity contribution is 0.0593. The van der Waals surface area contributed by atoms with E-state index in [-0.39, 0.29) is 12.0 Å². The molecule has 0 bridgehead atoms. The molecule has 2 aliphatic carbocycles. The van der Waals surface area contributed by atoms with Crippen molar-refractivity contribution >= 4 is 0 Å². The van der Waals surface area contributed by atoms with Crippen molar-refractivity contribution in [1.29, 1.82) is 0 Å². The van der Waals surface area contributed by atoms with Gasteiger partial charge in [-0.15, -0.1) is 0 Å². The zero-order chi connectivity index (χ0) is 12.7. The Morgan fingerprint density at radius 3 is 2.53 bits per heavy atom.